The van der Waals surface area contributed by atoms with Gasteiger partial charge in [0.05, 0.1) is 9.77 Å². The van der Waals surface area contributed by atoms with Crippen LogP contribution in [0.5, 0.6) is 0 Å². The van der Waals surface area contributed by atoms with Crippen LogP contribution in [0.1, 0.15) is 11.5 Å². The fourth-order valence-corrected chi connectivity index (χ4v) is 4.01. The topological polar surface area (TPSA) is 86.2 Å². The zero-order valence-corrected chi connectivity index (χ0v) is 15.8. The molecule has 0 saturated carbocycles. The molecule has 0 amide bonds. The van der Waals surface area contributed by atoms with Gasteiger partial charge in [0.1, 0.15) is 5.69 Å². The molecule has 0 bridgehead atoms. The molecule has 0 unspecified atom stereocenters. The Morgan fingerprint density at radius 2 is 1.70 bits per heavy atom. The third kappa shape index (κ3) is 3.85. The van der Waals surface area contributed by atoms with Crippen molar-refractivity contribution < 1.29 is 12.8 Å². The van der Waals surface area contributed by atoms with Crippen LogP contribution in [0.4, 0.5) is 0 Å². The maximum absolute atomic E-state index is 11.5. The smallest absolute Gasteiger partial charge is 0.238 e. The summed E-state index contributed by atoms with van der Waals surface area (Å²) in [5.41, 5.74) is 2.56. The second kappa shape index (κ2) is 7.11. The molecule has 2 aromatic carbocycles. The molecular formula is C20H16N2O3S2. The summed E-state index contributed by atoms with van der Waals surface area (Å²) in [7, 11) is -3.73. The van der Waals surface area contributed by atoms with Crippen LogP contribution in [0.2, 0.25) is 0 Å². The van der Waals surface area contributed by atoms with Crippen LogP contribution in [-0.4, -0.2) is 13.4 Å². The van der Waals surface area contributed by atoms with Gasteiger partial charge in [0.2, 0.25) is 10.0 Å². The molecule has 2 N–H and O–H groups in total. The normalized spacial score (nSPS) is 11.6. The fourth-order valence-electron chi connectivity index (χ4n) is 2.78. The number of benzene rings is 2. The maximum atomic E-state index is 11.5. The Balaban J connectivity index is 1.76. The molecule has 27 heavy (non-hydrogen) atoms. The highest BCUT2D eigenvalue weighted by atomic mass is 32.2. The lowest BCUT2D eigenvalue weighted by atomic mass is 10.1. The molecule has 0 aliphatic carbocycles. The number of hydrogen-bond acceptors (Lipinski definition) is 5. The van der Waals surface area contributed by atoms with E-state index in [-0.39, 0.29) is 4.90 Å². The Bertz CT molecular complexity index is 1150. The van der Waals surface area contributed by atoms with Gasteiger partial charge in [-0.05, 0) is 29.1 Å². The van der Waals surface area contributed by atoms with Crippen molar-refractivity contribution in [3.63, 3.8) is 0 Å². The van der Waals surface area contributed by atoms with Crippen molar-refractivity contribution in [2.45, 2.75) is 11.3 Å². The molecule has 2 heterocycles. The van der Waals surface area contributed by atoms with E-state index in [0.29, 0.717) is 23.8 Å². The number of rotatable bonds is 5. The average Bonchev–Trinajstić information content (AvgIpc) is 3.31. The van der Waals surface area contributed by atoms with E-state index < -0.39 is 10.0 Å². The first-order valence-electron chi connectivity index (χ1n) is 8.21. The average molecular weight is 396 g/mol. The standard InChI is InChI=1S/C20H16N2O3S2/c21-27(23,24)16-10-8-15(9-11-16)19-20(17-7-4-12-26-17)25-18(22-19)13-14-5-2-1-3-6-14/h1-12H,13H2,(H2,21,23,24). The van der Waals surface area contributed by atoms with Gasteiger partial charge in [-0.1, -0.05) is 48.5 Å². The van der Waals surface area contributed by atoms with Crippen molar-refractivity contribution in [2.24, 2.45) is 5.14 Å². The van der Waals surface area contributed by atoms with Crippen LogP contribution in [0.3, 0.4) is 0 Å². The molecule has 2 aromatic heterocycles. The van der Waals surface area contributed by atoms with E-state index in [1.54, 1.807) is 23.5 Å². The number of aromatic nitrogens is 1. The number of nitrogens with two attached hydrogens (primary N) is 1. The predicted octanol–water partition coefficient (Wildman–Crippen LogP) is 4.31. The van der Waals surface area contributed by atoms with Crippen LogP contribution >= 0.6 is 11.3 Å². The molecular weight excluding hydrogens is 380 g/mol. The summed E-state index contributed by atoms with van der Waals surface area (Å²) in [5, 5.41) is 7.16. The van der Waals surface area contributed by atoms with E-state index in [1.807, 2.05) is 47.8 Å². The molecule has 7 heteroatoms. The van der Waals surface area contributed by atoms with Gasteiger partial charge in [0.25, 0.3) is 0 Å². The van der Waals surface area contributed by atoms with Gasteiger partial charge in [-0.3, -0.25) is 0 Å². The van der Waals surface area contributed by atoms with Crippen LogP contribution in [0, 0.1) is 0 Å². The molecule has 0 atom stereocenters. The molecule has 136 valence electrons. The number of oxazole rings is 1. The Hall–Kier alpha value is -2.74. The monoisotopic (exact) mass is 396 g/mol. The minimum absolute atomic E-state index is 0.0666. The molecule has 5 nitrogen and oxygen atoms in total. The number of sulfonamides is 1. The third-order valence-electron chi connectivity index (χ3n) is 4.07. The van der Waals surface area contributed by atoms with Gasteiger partial charge in [0.15, 0.2) is 11.7 Å². The molecule has 0 fully saturated rings. The highest BCUT2D eigenvalue weighted by molar-refractivity contribution is 7.89. The van der Waals surface area contributed by atoms with E-state index in [2.05, 4.69) is 4.98 Å². The fraction of sp³-hybridized carbons (Fsp3) is 0.0500. The van der Waals surface area contributed by atoms with E-state index in [1.165, 1.54) is 12.1 Å². The zero-order chi connectivity index (χ0) is 18.9. The molecule has 0 aliphatic rings. The van der Waals surface area contributed by atoms with E-state index in [9.17, 15) is 8.42 Å². The molecule has 4 rings (SSSR count). The number of nitrogens with zero attached hydrogens (tertiary/aromatic N) is 1. The minimum atomic E-state index is -3.73. The largest absolute Gasteiger partial charge is 0.439 e. The second-order valence-electron chi connectivity index (χ2n) is 5.99. The van der Waals surface area contributed by atoms with Crippen LogP contribution < -0.4 is 5.14 Å². The van der Waals surface area contributed by atoms with Gasteiger partial charge in [-0.25, -0.2) is 18.5 Å². The highest BCUT2D eigenvalue weighted by Crippen LogP contribution is 2.36. The van der Waals surface area contributed by atoms with E-state index in [4.69, 9.17) is 9.56 Å². The Kier molecular flexibility index (Phi) is 4.65. The van der Waals surface area contributed by atoms with Crippen LogP contribution in [0.25, 0.3) is 21.9 Å². The van der Waals surface area contributed by atoms with Gasteiger partial charge in [0, 0.05) is 12.0 Å². The van der Waals surface area contributed by atoms with Crippen molar-refractivity contribution in [3.05, 3.63) is 83.6 Å². The molecule has 0 aliphatic heterocycles. The Labute approximate surface area is 161 Å². The Morgan fingerprint density at radius 3 is 2.33 bits per heavy atom. The summed E-state index contributed by atoms with van der Waals surface area (Å²) in [4.78, 5) is 5.71. The zero-order valence-electron chi connectivity index (χ0n) is 14.2. The van der Waals surface area contributed by atoms with Crippen molar-refractivity contribution in [1.29, 1.82) is 0 Å². The first-order chi connectivity index (χ1) is 13.0. The Morgan fingerprint density at radius 1 is 0.963 bits per heavy atom. The minimum Gasteiger partial charge on any atom is -0.439 e. The van der Waals surface area contributed by atoms with Crippen LogP contribution in [-0.2, 0) is 16.4 Å². The summed E-state index contributed by atoms with van der Waals surface area (Å²) in [6.45, 7) is 0. The summed E-state index contributed by atoms with van der Waals surface area (Å²) in [6, 6.07) is 20.2. The first kappa shape index (κ1) is 17.7. The highest BCUT2D eigenvalue weighted by Gasteiger charge is 2.18. The molecule has 0 spiro atoms. The predicted molar refractivity (Wildman–Crippen MR) is 106 cm³/mol. The lowest BCUT2D eigenvalue weighted by Gasteiger charge is -2.01. The first-order valence-corrected chi connectivity index (χ1v) is 10.6. The molecule has 4 aromatic rings. The second-order valence-corrected chi connectivity index (χ2v) is 8.50. The number of primary sulfonamides is 1. The lowest BCUT2D eigenvalue weighted by Crippen LogP contribution is -2.11. The third-order valence-corrected chi connectivity index (χ3v) is 5.87. The van der Waals surface area contributed by atoms with Gasteiger partial charge in [-0.2, -0.15) is 0 Å². The van der Waals surface area contributed by atoms with E-state index in [0.717, 1.165) is 16.0 Å². The summed E-state index contributed by atoms with van der Waals surface area (Å²) in [5.74, 6) is 1.29. The van der Waals surface area contributed by atoms with Crippen molar-refractivity contribution >= 4 is 21.4 Å². The lowest BCUT2D eigenvalue weighted by molar-refractivity contribution is 0.520. The van der Waals surface area contributed by atoms with Crippen molar-refractivity contribution in [3.8, 4) is 21.9 Å². The van der Waals surface area contributed by atoms with Crippen molar-refractivity contribution in [1.82, 2.24) is 4.98 Å². The molecule has 0 radical (unpaired) electrons. The number of hydrogen-bond donors (Lipinski definition) is 1. The molecule has 0 saturated heterocycles. The summed E-state index contributed by atoms with van der Waals surface area (Å²) in [6.07, 6.45) is 0.578. The van der Waals surface area contributed by atoms with Gasteiger partial charge in [-0.15, -0.1) is 11.3 Å². The van der Waals surface area contributed by atoms with Crippen molar-refractivity contribution in [2.75, 3.05) is 0 Å². The number of thiophene rings is 1. The SMILES string of the molecule is NS(=O)(=O)c1ccc(-c2nc(Cc3ccccc3)oc2-c2cccs2)cc1. The summed E-state index contributed by atoms with van der Waals surface area (Å²) < 4.78 is 29.0. The van der Waals surface area contributed by atoms with Crippen LogP contribution in [0.15, 0.2) is 81.4 Å². The quantitative estimate of drug-likeness (QED) is 0.545. The van der Waals surface area contributed by atoms with Gasteiger partial charge >= 0.3 is 0 Å². The maximum Gasteiger partial charge on any atom is 0.238 e. The van der Waals surface area contributed by atoms with Gasteiger partial charge < -0.3 is 4.42 Å². The summed E-state index contributed by atoms with van der Waals surface area (Å²) >= 11 is 1.56. The van der Waals surface area contributed by atoms with E-state index >= 15 is 0 Å².